The van der Waals surface area contributed by atoms with Crippen molar-refractivity contribution in [3.05, 3.63) is 123 Å². The van der Waals surface area contributed by atoms with E-state index >= 15 is 0 Å². The summed E-state index contributed by atoms with van der Waals surface area (Å²) in [5.41, 5.74) is 5.98. The number of rotatable bonds is 3. The van der Waals surface area contributed by atoms with Crippen LogP contribution in [0.1, 0.15) is 77.8 Å². The Morgan fingerprint density at radius 1 is 0.681 bits per heavy atom. The topological polar surface area (TPSA) is 25.8 Å². The number of aryl methyl sites for hydroxylation is 1. The van der Waals surface area contributed by atoms with Crippen molar-refractivity contribution in [2.75, 3.05) is 0 Å². The van der Waals surface area contributed by atoms with Crippen LogP contribution in [0.4, 0.5) is 8.78 Å². The van der Waals surface area contributed by atoms with Gasteiger partial charge in [-0.2, -0.15) is 0 Å². The summed E-state index contributed by atoms with van der Waals surface area (Å²) in [7, 11) is 0. The van der Waals surface area contributed by atoms with Crippen LogP contribution in [0.3, 0.4) is 0 Å². The van der Waals surface area contributed by atoms with E-state index in [1.807, 2.05) is 24.4 Å². The fraction of sp³-hybridized carbons (Fsp3) is 0.415. The summed E-state index contributed by atoms with van der Waals surface area (Å²) in [5, 5.41) is 0. The van der Waals surface area contributed by atoms with Gasteiger partial charge in [-0.1, -0.05) is 78.1 Å². The summed E-state index contributed by atoms with van der Waals surface area (Å²) >= 11 is 0. The number of benzene rings is 2. The Morgan fingerprint density at radius 2 is 1.23 bits per heavy atom. The molecule has 0 N–H and O–H groups in total. The minimum Gasteiger partial charge on any atom is -0.358 e. The largest absolute Gasteiger partial charge is 2.00 e. The molecular formula is C41H52F2IrN2Os-2. The Morgan fingerprint density at radius 3 is 1.62 bits per heavy atom. The average Bonchev–Trinajstić information content (AvgIpc) is 3.45. The molecule has 47 heavy (non-hydrogen) atoms. The number of hydrogen-bond acceptors (Lipinski definition) is 2. The van der Waals surface area contributed by atoms with E-state index in [1.54, 1.807) is 18.3 Å². The first-order chi connectivity index (χ1) is 20.5. The van der Waals surface area contributed by atoms with E-state index in [0.29, 0.717) is 11.8 Å². The molecule has 2 aromatic carbocycles. The molecule has 6 rings (SSSR count). The van der Waals surface area contributed by atoms with Crippen molar-refractivity contribution >= 4 is 0 Å². The summed E-state index contributed by atoms with van der Waals surface area (Å²) in [4.78, 5) is 8.74. The van der Waals surface area contributed by atoms with E-state index in [9.17, 15) is 8.78 Å². The predicted octanol–water partition coefficient (Wildman–Crippen LogP) is 11.7. The SMILES string of the molecule is CC1CCC(C)C1C.Cc1cc(-c2[c-]cc(F)cc2)ncc1C1CC(C)C(C)C1C.Fc1c[c-]c(-c2ccccn2)cc1.[CH3-].[CH3-].[Ir].[Os+2]. The van der Waals surface area contributed by atoms with Crippen LogP contribution >= 0.6 is 0 Å². The standard InChI is InChI=1S/C20H23FN.C11H7FN.C8H16.2CH3.Ir.Os/c1-12-9-18(15(4)14(12)3)19-11-22-20(10-13(19)2)16-5-7-17(21)8-6-16;12-10-6-4-9(5-7-10)11-3-1-2-8-13-11;1-6-4-5-7(2)8(6)3;;;;/h5,7-8,10-12,14-15,18H,9H2,1-4H3;1-4,6-8H;6-8H,4-5H2,1-3H3;2*1H3;;/q2*-1;;2*-1;;+2. The molecule has 0 bridgehead atoms. The van der Waals surface area contributed by atoms with Crippen molar-refractivity contribution < 1.29 is 48.7 Å². The van der Waals surface area contributed by atoms with Gasteiger partial charge in [-0.3, -0.25) is 8.78 Å². The molecule has 0 aliphatic heterocycles. The normalized spacial score (nSPS) is 24.0. The van der Waals surface area contributed by atoms with Gasteiger partial charge in [-0.05, 0) is 77.8 Å². The zero-order valence-corrected chi connectivity index (χ0v) is 34.4. The second-order valence-electron chi connectivity index (χ2n) is 12.9. The molecule has 2 aliphatic carbocycles. The molecule has 6 unspecified atom stereocenters. The van der Waals surface area contributed by atoms with Crippen LogP contribution < -0.4 is 0 Å². The summed E-state index contributed by atoms with van der Waals surface area (Å²) in [6.45, 7) is 16.3. The zero-order chi connectivity index (χ0) is 31.1. The van der Waals surface area contributed by atoms with E-state index in [-0.39, 0.29) is 66.4 Å². The van der Waals surface area contributed by atoms with Crippen LogP contribution in [-0.4, -0.2) is 9.97 Å². The van der Waals surface area contributed by atoms with Crippen LogP contribution in [0.15, 0.2) is 73.1 Å². The monoisotopic (exact) mass is 995 g/mol. The van der Waals surface area contributed by atoms with E-state index < -0.39 is 0 Å². The minimum absolute atomic E-state index is 0. The van der Waals surface area contributed by atoms with Crippen molar-refractivity contribution in [2.24, 2.45) is 35.5 Å². The van der Waals surface area contributed by atoms with Crippen molar-refractivity contribution in [3.8, 4) is 22.5 Å². The third-order valence-corrected chi connectivity index (χ3v) is 10.2. The summed E-state index contributed by atoms with van der Waals surface area (Å²) in [6, 6.07) is 22.4. The second-order valence-corrected chi connectivity index (χ2v) is 12.9. The Labute approximate surface area is 311 Å². The van der Waals surface area contributed by atoms with Gasteiger partial charge in [0, 0.05) is 44.1 Å². The minimum atomic E-state index is -0.278. The number of hydrogen-bond donors (Lipinski definition) is 0. The van der Waals surface area contributed by atoms with Crippen LogP contribution in [0.25, 0.3) is 22.5 Å². The van der Waals surface area contributed by atoms with E-state index in [2.05, 4.69) is 76.6 Å². The summed E-state index contributed by atoms with van der Waals surface area (Å²) in [6.07, 6.45) is 7.89. The van der Waals surface area contributed by atoms with Gasteiger partial charge in [0.25, 0.3) is 0 Å². The first kappa shape index (κ1) is 44.9. The van der Waals surface area contributed by atoms with Gasteiger partial charge >= 0.3 is 19.8 Å². The maximum absolute atomic E-state index is 13.0. The van der Waals surface area contributed by atoms with Gasteiger partial charge in [0.1, 0.15) is 0 Å². The van der Waals surface area contributed by atoms with Crippen LogP contribution in [0, 0.1) is 81.1 Å². The van der Waals surface area contributed by atoms with Crippen molar-refractivity contribution in [3.63, 3.8) is 0 Å². The molecule has 4 aromatic rings. The summed E-state index contributed by atoms with van der Waals surface area (Å²) < 4.78 is 25.6. The predicted molar refractivity (Wildman–Crippen MR) is 186 cm³/mol. The maximum Gasteiger partial charge on any atom is 2.00 e. The molecule has 0 amide bonds. The Hall–Kier alpha value is -2.11. The Bertz CT molecular complexity index is 1420. The van der Waals surface area contributed by atoms with E-state index in [1.165, 1.54) is 54.7 Å². The smallest absolute Gasteiger partial charge is 0.358 e. The molecule has 2 fully saturated rings. The Balaban J connectivity index is 0.000000725. The molecule has 2 aliphatic rings. The van der Waals surface area contributed by atoms with Gasteiger partial charge in [0.05, 0.1) is 0 Å². The van der Waals surface area contributed by atoms with Gasteiger partial charge < -0.3 is 24.8 Å². The van der Waals surface area contributed by atoms with E-state index in [0.717, 1.165) is 52.1 Å². The fourth-order valence-electron chi connectivity index (χ4n) is 6.49. The van der Waals surface area contributed by atoms with Crippen molar-refractivity contribution in [1.82, 2.24) is 9.97 Å². The zero-order valence-electron chi connectivity index (χ0n) is 29.4. The fourth-order valence-corrected chi connectivity index (χ4v) is 6.49. The molecular weight excluding hydrogens is 941 g/mol. The Kier molecular flexibility index (Phi) is 20.1. The summed E-state index contributed by atoms with van der Waals surface area (Å²) in [5.74, 6) is 5.24. The molecule has 2 aromatic heterocycles. The maximum atomic E-state index is 13.0. The van der Waals surface area contributed by atoms with E-state index in [4.69, 9.17) is 0 Å². The van der Waals surface area contributed by atoms with Crippen molar-refractivity contribution in [1.29, 1.82) is 0 Å². The van der Waals surface area contributed by atoms with Gasteiger partial charge in [0.2, 0.25) is 0 Å². The van der Waals surface area contributed by atoms with Crippen LogP contribution in [-0.2, 0) is 39.9 Å². The van der Waals surface area contributed by atoms with Gasteiger partial charge in [-0.25, -0.2) is 0 Å². The third kappa shape index (κ3) is 12.1. The molecule has 0 spiro atoms. The molecule has 1 radical (unpaired) electrons. The molecule has 2 nitrogen and oxygen atoms in total. The molecule has 259 valence electrons. The van der Waals surface area contributed by atoms with Gasteiger partial charge in [0.15, 0.2) is 0 Å². The van der Waals surface area contributed by atoms with Crippen LogP contribution in [0.2, 0.25) is 0 Å². The van der Waals surface area contributed by atoms with Crippen molar-refractivity contribution in [2.45, 2.75) is 73.6 Å². The molecule has 2 saturated carbocycles. The third-order valence-electron chi connectivity index (χ3n) is 10.2. The molecule has 6 heteroatoms. The number of aromatic nitrogens is 2. The molecule has 0 saturated heterocycles. The number of nitrogens with zero attached hydrogens (tertiary/aromatic N) is 2. The number of halogens is 2. The first-order valence-corrected chi connectivity index (χ1v) is 15.8. The molecule has 6 atom stereocenters. The quantitative estimate of drug-likeness (QED) is 0.191. The molecule has 2 heterocycles. The second kappa shape index (κ2) is 21.1. The average molecular weight is 993 g/mol. The van der Waals surface area contributed by atoms with Gasteiger partial charge in [-0.15, -0.1) is 59.7 Å². The first-order valence-electron chi connectivity index (χ1n) is 15.8. The van der Waals surface area contributed by atoms with Crippen LogP contribution in [0.5, 0.6) is 0 Å². The number of pyridine rings is 2.